The van der Waals surface area contributed by atoms with Gasteiger partial charge in [-0.15, -0.1) is 0 Å². The van der Waals surface area contributed by atoms with Crippen LogP contribution in [0.4, 0.5) is 0 Å². The normalized spacial score (nSPS) is 14.9. The maximum atomic E-state index is 10.3. The predicted octanol–water partition coefficient (Wildman–Crippen LogP) is 5.33. The molecule has 3 atom stereocenters. The van der Waals surface area contributed by atoms with Crippen molar-refractivity contribution in [3.05, 3.63) is 0 Å². The Morgan fingerprint density at radius 3 is 1.50 bits per heavy atom. The van der Waals surface area contributed by atoms with E-state index in [-0.39, 0.29) is 12.6 Å². The Labute approximate surface area is 175 Å². The summed E-state index contributed by atoms with van der Waals surface area (Å²) in [5, 5.41) is 32.6. The highest BCUT2D eigenvalue weighted by atomic mass is 16.4. The van der Waals surface area contributed by atoms with Gasteiger partial charge in [-0.3, -0.25) is 0 Å². The molecule has 0 aliphatic heterocycles. The van der Waals surface area contributed by atoms with Crippen molar-refractivity contribution >= 4 is 0 Å². The largest absolute Gasteiger partial charge is 0.394 e. The number of aliphatic hydroxyl groups excluding tert-OH is 3. The van der Waals surface area contributed by atoms with Gasteiger partial charge >= 0.3 is 0 Å². The predicted molar refractivity (Wildman–Crippen MR) is 121 cm³/mol. The van der Waals surface area contributed by atoms with E-state index < -0.39 is 12.2 Å². The second-order valence-electron chi connectivity index (χ2n) is 8.54. The van der Waals surface area contributed by atoms with Crippen molar-refractivity contribution in [1.82, 2.24) is 5.32 Å². The van der Waals surface area contributed by atoms with Crippen LogP contribution in [-0.4, -0.2) is 46.7 Å². The van der Waals surface area contributed by atoms with Gasteiger partial charge in [0, 0.05) is 6.04 Å². The lowest BCUT2D eigenvalue weighted by molar-refractivity contribution is -0.0336. The summed E-state index contributed by atoms with van der Waals surface area (Å²) in [7, 11) is 0. The number of rotatable bonds is 22. The highest BCUT2D eigenvalue weighted by Gasteiger charge is 2.24. The molecule has 4 N–H and O–H groups in total. The van der Waals surface area contributed by atoms with Crippen LogP contribution in [0, 0.1) is 0 Å². The zero-order valence-corrected chi connectivity index (χ0v) is 19.0. The minimum Gasteiger partial charge on any atom is -0.394 e. The fraction of sp³-hybridized carbons (Fsp3) is 1.00. The molecule has 170 valence electrons. The lowest BCUT2D eigenvalue weighted by Gasteiger charge is -2.27. The monoisotopic (exact) mass is 401 g/mol. The van der Waals surface area contributed by atoms with Gasteiger partial charge < -0.3 is 20.6 Å². The van der Waals surface area contributed by atoms with Crippen LogP contribution in [-0.2, 0) is 0 Å². The van der Waals surface area contributed by atoms with Gasteiger partial charge in [-0.05, 0) is 19.4 Å². The van der Waals surface area contributed by atoms with E-state index in [1.54, 1.807) is 0 Å². The Kier molecular flexibility index (Phi) is 21.4. The van der Waals surface area contributed by atoms with Crippen molar-refractivity contribution in [3.63, 3.8) is 0 Å². The number of aliphatic hydroxyl groups is 3. The first kappa shape index (κ1) is 27.8. The summed E-state index contributed by atoms with van der Waals surface area (Å²) in [6.07, 6.45) is 19.5. The lowest BCUT2D eigenvalue weighted by Crippen LogP contribution is -2.47. The van der Waals surface area contributed by atoms with E-state index in [4.69, 9.17) is 5.11 Å². The Morgan fingerprint density at radius 1 is 0.607 bits per heavy atom. The molecule has 0 unspecified atom stereocenters. The molecule has 28 heavy (non-hydrogen) atoms. The van der Waals surface area contributed by atoms with Gasteiger partial charge in [0.15, 0.2) is 0 Å². The Hall–Kier alpha value is -0.160. The van der Waals surface area contributed by atoms with Crippen LogP contribution in [0.3, 0.4) is 0 Å². The molecule has 0 aromatic rings. The molecule has 0 amide bonds. The molecule has 0 bridgehead atoms. The maximum absolute atomic E-state index is 10.3. The SMILES string of the molecule is CCCCCCCCCCCCCC[C@H](NCCCCCC)[C@@H](O)[C@H](O)CO. The topological polar surface area (TPSA) is 72.7 Å². The molecule has 0 aromatic carbocycles. The highest BCUT2D eigenvalue weighted by molar-refractivity contribution is 4.81. The molecule has 4 nitrogen and oxygen atoms in total. The summed E-state index contributed by atoms with van der Waals surface area (Å²) in [5.74, 6) is 0. The Morgan fingerprint density at radius 2 is 1.04 bits per heavy atom. The van der Waals surface area contributed by atoms with Gasteiger partial charge in [-0.25, -0.2) is 0 Å². The van der Waals surface area contributed by atoms with E-state index in [0.29, 0.717) is 0 Å². The maximum Gasteiger partial charge on any atom is 0.104 e. The van der Waals surface area contributed by atoms with Crippen LogP contribution >= 0.6 is 0 Å². The quantitative estimate of drug-likeness (QED) is 0.185. The lowest BCUT2D eigenvalue weighted by atomic mass is 9.98. The number of hydrogen-bond donors (Lipinski definition) is 4. The number of unbranched alkanes of at least 4 members (excludes halogenated alkanes) is 14. The van der Waals surface area contributed by atoms with E-state index in [9.17, 15) is 10.2 Å². The zero-order chi connectivity index (χ0) is 20.9. The number of hydrogen-bond acceptors (Lipinski definition) is 4. The average molecular weight is 402 g/mol. The first-order valence-electron chi connectivity index (χ1n) is 12.4. The molecule has 4 heteroatoms. The molecule has 0 saturated heterocycles. The summed E-state index contributed by atoms with van der Waals surface area (Å²) in [5.41, 5.74) is 0. The van der Waals surface area contributed by atoms with Crippen molar-refractivity contribution in [2.24, 2.45) is 0 Å². The third-order valence-electron chi connectivity index (χ3n) is 5.80. The van der Waals surface area contributed by atoms with Gasteiger partial charge in [0.1, 0.15) is 6.10 Å². The second kappa shape index (κ2) is 21.5. The molecule has 0 rings (SSSR count). The molecule has 0 aliphatic rings. The first-order chi connectivity index (χ1) is 13.7. The third kappa shape index (κ3) is 16.8. The van der Waals surface area contributed by atoms with Gasteiger partial charge in [0.05, 0.1) is 12.7 Å². The molecule has 0 fully saturated rings. The molecule has 0 heterocycles. The van der Waals surface area contributed by atoms with Crippen LogP contribution in [0.2, 0.25) is 0 Å². The fourth-order valence-corrected chi connectivity index (χ4v) is 3.81. The summed E-state index contributed by atoms with van der Waals surface area (Å²) in [6.45, 7) is 4.96. The van der Waals surface area contributed by atoms with E-state index >= 15 is 0 Å². The van der Waals surface area contributed by atoms with Gasteiger partial charge in [-0.1, -0.05) is 110 Å². The van der Waals surface area contributed by atoms with E-state index in [1.165, 1.54) is 89.9 Å². The third-order valence-corrected chi connectivity index (χ3v) is 5.80. The Balaban J connectivity index is 3.76. The summed E-state index contributed by atoms with van der Waals surface area (Å²) < 4.78 is 0. The second-order valence-corrected chi connectivity index (χ2v) is 8.54. The van der Waals surface area contributed by atoms with Crippen molar-refractivity contribution in [2.45, 2.75) is 141 Å². The molecule has 0 aliphatic carbocycles. The first-order valence-corrected chi connectivity index (χ1v) is 12.4. The van der Waals surface area contributed by atoms with E-state index in [1.807, 2.05) is 0 Å². The van der Waals surface area contributed by atoms with Gasteiger partial charge in [-0.2, -0.15) is 0 Å². The highest BCUT2D eigenvalue weighted by Crippen LogP contribution is 2.15. The summed E-state index contributed by atoms with van der Waals surface area (Å²) >= 11 is 0. The van der Waals surface area contributed by atoms with Crippen LogP contribution in [0.15, 0.2) is 0 Å². The molecule has 0 radical (unpaired) electrons. The molecule has 0 spiro atoms. The van der Waals surface area contributed by atoms with Gasteiger partial charge in [0.25, 0.3) is 0 Å². The summed E-state index contributed by atoms with van der Waals surface area (Å²) in [4.78, 5) is 0. The number of nitrogens with one attached hydrogen (secondary N) is 1. The van der Waals surface area contributed by atoms with Crippen LogP contribution < -0.4 is 5.32 Å². The van der Waals surface area contributed by atoms with Crippen LogP contribution in [0.5, 0.6) is 0 Å². The minimum atomic E-state index is -1.05. The molecular formula is C24H51NO3. The van der Waals surface area contributed by atoms with Crippen LogP contribution in [0.1, 0.15) is 123 Å². The van der Waals surface area contributed by atoms with Gasteiger partial charge in [0.2, 0.25) is 0 Å². The van der Waals surface area contributed by atoms with Crippen molar-refractivity contribution in [1.29, 1.82) is 0 Å². The fourth-order valence-electron chi connectivity index (χ4n) is 3.81. The smallest absolute Gasteiger partial charge is 0.104 e. The average Bonchev–Trinajstić information content (AvgIpc) is 2.71. The molecule has 0 saturated carbocycles. The van der Waals surface area contributed by atoms with Crippen molar-refractivity contribution < 1.29 is 15.3 Å². The standard InChI is InChI=1S/C24H51NO3/c1-3-5-7-9-10-11-12-13-14-15-16-17-19-22(24(28)23(27)21-26)25-20-18-8-6-4-2/h22-28H,3-21H2,1-2H3/t22-,23+,24+/m0/s1. The molecular weight excluding hydrogens is 350 g/mol. The van der Waals surface area contributed by atoms with E-state index in [0.717, 1.165) is 25.8 Å². The van der Waals surface area contributed by atoms with E-state index in [2.05, 4.69) is 19.2 Å². The molecule has 0 aromatic heterocycles. The minimum absolute atomic E-state index is 0.119. The summed E-state index contributed by atoms with van der Waals surface area (Å²) in [6, 6.07) is -0.119. The Bertz CT molecular complexity index is 302. The van der Waals surface area contributed by atoms with Crippen LogP contribution in [0.25, 0.3) is 0 Å². The van der Waals surface area contributed by atoms with Crippen molar-refractivity contribution in [3.8, 4) is 0 Å². The zero-order valence-electron chi connectivity index (χ0n) is 19.0. The van der Waals surface area contributed by atoms with Crippen molar-refractivity contribution in [2.75, 3.05) is 13.2 Å².